The van der Waals surface area contributed by atoms with E-state index in [1.165, 1.54) is 11.1 Å². The molecule has 2 aliphatic carbocycles. The number of allylic oxidation sites excluding steroid dienone is 2. The Balaban J connectivity index is 2.66. The van der Waals surface area contributed by atoms with Crippen molar-refractivity contribution in [3.05, 3.63) is 11.1 Å². The summed E-state index contributed by atoms with van der Waals surface area (Å²) in [5.74, 6) is 1.63. The number of ketones is 1. The van der Waals surface area contributed by atoms with E-state index in [2.05, 4.69) is 41.5 Å². The molecule has 2 unspecified atom stereocenters. The second-order valence-electron chi connectivity index (χ2n) is 7.15. The first-order chi connectivity index (χ1) is 7.70. The average Bonchev–Trinajstić information content (AvgIpc) is 2.24. The molecule has 1 heteroatoms. The maximum absolute atomic E-state index is 12.3. The van der Waals surface area contributed by atoms with E-state index in [-0.39, 0.29) is 10.8 Å². The number of carbonyl (C=O) groups excluding carboxylic acids is 1. The van der Waals surface area contributed by atoms with Gasteiger partial charge in [0.2, 0.25) is 0 Å². The molecule has 0 aromatic heterocycles. The quantitative estimate of drug-likeness (QED) is 0.608. The predicted octanol–water partition coefficient (Wildman–Crippen LogP) is 4.37. The van der Waals surface area contributed by atoms with E-state index in [0.29, 0.717) is 17.6 Å². The fraction of sp³-hybridized carbons (Fsp3) is 0.812. The molecule has 2 atom stereocenters. The topological polar surface area (TPSA) is 17.1 Å². The van der Waals surface area contributed by atoms with Crippen LogP contribution in [0, 0.1) is 22.7 Å². The summed E-state index contributed by atoms with van der Waals surface area (Å²) in [5.41, 5.74) is 2.89. The van der Waals surface area contributed by atoms with Gasteiger partial charge in [-0.25, -0.2) is 0 Å². The molecule has 17 heavy (non-hydrogen) atoms. The smallest absolute Gasteiger partial charge is 0.159 e. The summed E-state index contributed by atoms with van der Waals surface area (Å²) < 4.78 is 0. The molecule has 0 radical (unpaired) electrons. The van der Waals surface area contributed by atoms with Crippen LogP contribution in [0.5, 0.6) is 0 Å². The highest BCUT2D eigenvalue weighted by Crippen LogP contribution is 2.57. The van der Waals surface area contributed by atoms with Gasteiger partial charge in [0.15, 0.2) is 5.78 Å². The summed E-state index contributed by atoms with van der Waals surface area (Å²) in [6, 6.07) is 0. The number of Topliss-reactive ketones (excluding diaryl/α,β-unsaturated/α-hetero) is 1. The second kappa shape index (κ2) is 3.70. The van der Waals surface area contributed by atoms with Crippen molar-refractivity contribution in [1.82, 2.24) is 0 Å². The first kappa shape index (κ1) is 12.9. The Labute approximate surface area is 106 Å². The van der Waals surface area contributed by atoms with Crippen LogP contribution in [0.3, 0.4) is 0 Å². The zero-order valence-corrected chi connectivity index (χ0v) is 12.2. The van der Waals surface area contributed by atoms with E-state index in [1.807, 2.05) is 0 Å². The number of rotatable bonds is 0. The molecule has 1 nitrogen and oxygen atoms in total. The summed E-state index contributed by atoms with van der Waals surface area (Å²) in [7, 11) is 0. The van der Waals surface area contributed by atoms with Crippen LogP contribution in [-0.2, 0) is 4.79 Å². The lowest BCUT2D eigenvalue weighted by atomic mass is 9.51. The van der Waals surface area contributed by atoms with Crippen LogP contribution in [0.25, 0.3) is 0 Å². The normalized spacial score (nSPS) is 35.8. The van der Waals surface area contributed by atoms with Gasteiger partial charge in [-0.1, -0.05) is 47.1 Å². The van der Waals surface area contributed by atoms with Gasteiger partial charge in [0.1, 0.15) is 0 Å². The zero-order valence-electron chi connectivity index (χ0n) is 12.2. The zero-order chi connectivity index (χ0) is 13.0. The SMILES string of the molecule is CC1C(C)C(C)(C)C2=C(CCCC2=O)C1(C)C. The van der Waals surface area contributed by atoms with E-state index in [0.717, 1.165) is 19.3 Å². The molecule has 0 heterocycles. The molecule has 0 fully saturated rings. The summed E-state index contributed by atoms with van der Waals surface area (Å²) in [5, 5.41) is 0. The van der Waals surface area contributed by atoms with Crippen molar-refractivity contribution in [2.75, 3.05) is 0 Å². The molecular formula is C16H26O. The van der Waals surface area contributed by atoms with Crippen molar-refractivity contribution < 1.29 is 4.79 Å². The van der Waals surface area contributed by atoms with Crippen molar-refractivity contribution in [3.63, 3.8) is 0 Å². The van der Waals surface area contributed by atoms with Crippen LogP contribution in [0.1, 0.15) is 60.8 Å². The van der Waals surface area contributed by atoms with Crippen LogP contribution >= 0.6 is 0 Å². The Bertz CT molecular complexity index is 384. The maximum Gasteiger partial charge on any atom is 0.159 e. The molecule has 0 spiro atoms. The molecule has 0 aromatic carbocycles. The van der Waals surface area contributed by atoms with Gasteiger partial charge in [-0.2, -0.15) is 0 Å². The van der Waals surface area contributed by atoms with Gasteiger partial charge >= 0.3 is 0 Å². The summed E-state index contributed by atoms with van der Waals surface area (Å²) in [6.07, 6.45) is 2.95. The molecule has 0 aliphatic heterocycles. The highest BCUT2D eigenvalue weighted by Gasteiger charge is 2.50. The van der Waals surface area contributed by atoms with E-state index in [1.54, 1.807) is 0 Å². The molecular weight excluding hydrogens is 208 g/mol. The van der Waals surface area contributed by atoms with Gasteiger partial charge in [0.05, 0.1) is 0 Å². The monoisotopic (exact) mass is 234 g/mol. The highest BCUT2D eigenvalue weighted by atomic mass is 16.1. The van der Waals surface area contributed by atoms with E-state index < -0.39 is 0 Å². The predicted molar refractivity (Wildman–Crippen MR) is 71.8 cm³/mol. The molecule has 0 aromatic rings. The van der Waals surface area contributed by atoms with Crippen LogP contribution in [-0.4, -0.2) is 5.78 Å². The van der Waals surface area contributed by atoms with Gasteiger partial charge in [-0.3, -0.25) is 4.79 Å². The van der Waals surface area contributed by atoms with E-state index in [9.17, 15) is 4.79 Å². The third kappa shape index (κ3) is 1.62. The van der Waals surface area contributed by atoms with Crippen LogP contribution in [0.2, 0.25) is 0 Å². The van der Waals surface area contributed by atoms with Gasteiger partial charge in [0, 0.05) is 12.0 Å². The van der Waals surface area contributed by atoms with Crippen molar-refractivity contribution in [2.45, 2.75) is 60.8 Å². The molecule has 96 valence electrons. The fourth-order valence-electron chi connectivity index (χ4n) is 3.99. The minimum Gasteiger partial charge on any atom is -0.295 e. The molecule has 0 bridgehead atoms. The molecule has 2 rings (SSSR count). The summed E-state index contributed by atoms with van der Waals surface area (Å²) >= 11 is 0. The van der Waals surface area contributed by atoms with Crippen molar-refractivity contribution >= 4 is 5.78 Å². The van der Waals surface area contributed by atoms with Crippen molar-refractivity contribution in [3.8, 4) is 0 Å². The minimum atomic E-state index is 0.0573. The first-order valence-corrected chi connectivity index (χ1v) is 6.98. The van der Waals surface area contributed by atoms with E-state index >= 15 is 0 Å². The molecule has 0 amide bonds. The molecule has 0 N–H and O–H groups in total. The van der Waals surface area contributed by atoms with Gasteiger partial charge in [-0.05, 0) is 35.5 Å². The molecule has 2 aliphatic rings. The Hall–Kier alpha value is -0.590. The summed E-state index contributed by atoms with van der Waals surface area (Å²) in [4.78, 5) is 12.3. The standard InChI is InChI=1S/C16H26O/c1-10-11(2)16(5,6)14-12(15(10,3)4)8-7-9-13(14)17/h10-11H,7-9H2,1-6H3. The van der Waals surface area contributed by atoms with Crippen molar-refractivity contribution in [2.24, 2.45) is 22.7 Å². The van der Waals surface area contributed by atoms with Crippen LogP contribution in [0.15, 0.2) is 11.1 Å². The first-order valence-electron chi connectivity index (χ1n) is 6.98. The van der Waals surface area contributed by atoms with Crippen LogP contribution in [0.4, 0.5) is 0 Å². The highest BCUT2D eigenvalue weighted by molar-refractivity contribution is 5.98. The van der Waals surface area contributed by atoms with Crippen molar-refractivity contribution in [1.29, 1.82) is 0 Å². The Morgan fingerprint density at radius 1 is 0.941 bits per heavy atom. The Morgan fingerprint density at radius 2 is 1.47 bits per heavy atom. The lowest BCUT2D eigenvalue weighted by molar-refractivity contribution is -0.118. The minimum absolute atomic E-state index is 0.0573. The number of hydrogen-bond donors (Lipinski definition) is 0. The van der Waals surface area contributed by atoms with E-state index in [4.69, 9.17) is 0 Å². The largest absolute Gasteiger partial charge is 0.295 e. The number of carbonyl (C=O) groups is 1. The maximum atomic E-state index is 12.3. The Morgan fingerprint density at radius 3 is 2.06 bits per heavy atom. The molecule has 0 saturated carbocycles. The van der Waals surface area contributed by atoms with Gasteiger partial charge < -0.3 is 0 Å². The second-order valence-corrected chi connectivity index (χ2v) is 7.15. The lowest BCUT2D eigenvalue weighted by Gasteiger charge is -2.53. The van der Waals surface area contributed by atoms with Gasteiger partial charge in [-0.15, -0.1) is 0 Å². The third-order valence-corrected chi connectivity index (χ3v) is 5.86. The summed E-state index contributed by atoms with van der Waals surface area (Å²) in [6.45, 7) is 13.9. The van der Waals surface area contributed by atoms with Crippen LogP contribution < -0.4 is 0 Å². The molecule has 0 saturated heterocycles. The Kier molecular flexibility index (Phi) is 2.80. The fourth-order valence-corrected chi connectivity index (χ4v) is 3.99. The third-order valence-electron chi connectivity index (χ3n) is 5.86. The number of hydrogen-bond acceptors (Lipinski definition) is 1. The van der Waals surface area contributed by atoms with Gasteiger partial charge in [0.25, 0.3) is 0 Å². The lowest BCUT2D eigenvalue weighted by Crippen LogP contribution is -2.46. The average molecular weight is 234 g/mol.